The fraction of sp³-hybridized carbons (Fsp3) is 0.706. The van der Waals surface area contributed by atoms with E-state index >= 15 is 0 Å². The number of anilines is 1. The fourth-order valence-electron chi connectivity index (χ4n) is 3.54. The van der Waals surface area contributed by atoms with Crippen molar-refractivity contribution >= 4 is 5.82 Å². The van der Waals surface area contributed by atoms with Crippen LogP contribution >= 0.6 is 0 Å². The molecule has 1 atom stereocenters. The number of pyridine rings is 1. The van der Waals surface area contributed by atoms with Crippen LogP contribution in [-0.2, 0) is 6.54 Å². The summed E-state index contributed by atoms with van der Waals surface area (Å²) in [6.07, 6.45) is 7.20. The lowest BCUT2D eigenvalue weighted by atomic mass is 10.2. The lowest BCUT2D eigenvalue weighted by molar-refractivity contribution is 0.230. The van der Waals surface area contributed by atoms with E-state index in [9.17, 15) is 0 Å². The number of nitrogens with one attached hydrogen (secondary N) is 1. The van der Waals surface area contributed by atoms with Crippen LogP contribution < -0.4 is 5.32 Å². The average molecular weight is 288 g/mol. The van der Waals surface area contributed by atoms with Gasteiger partial charge < -0.3 is 5.32 Å². The third-order valence-corrected chi connectivity index (χ3v) is 4.69. The van der Waals surface area contributed by atoms with Gasteiger partial charge in [-0.25, -0.2) is 4.98 Å². The Kier molecular flexibility index (Phi) is 5.09. The second-order valence-corrected chi connectivity index (χ2v) is 6.40. The molecule has 0 radical (unpaired) electrons. The number of nitrogens with zero attached hydrogens (tertiary/aromatic N) is 3. The van der Waals surface area contributed by atoms with Gasteiger partial charge in [0.2, 0.25) is 0 Å². The van der Waals surface area contributed by atoms with Crippen LogP contribution in [0.5, 0.6) is 0 Å². The zero-order valence-corrected chi connectivity index (χ0v) is 13.2. The first kappa shape index (κ1) is 14.8. The van der Waals surface area contributed by atoms with Crippen LogP contribution in [0.4, 0.5) is 5.82 Å². The van der Waals surface area contributed by atoms with Crippen LogP contribution in [0.15, 0.2) is 18.3 Å². The molecule has 0 bridgehead atoms. The van der Waals surface area contributed by atoms with Crippen LogP contribution in [0, 0.1) is 0 Å². The van der Waals surface area contributed by atoms with Crippen molar-refractivity contribution in [3.8, 4) is 0 Å². The zero-order chi connectivity index (χ0) is 14.5. The minimum Gasteiger partial charge on any atom is -0.370 e. The highest BCUT2D eigenvalue weighted by atomic mass is 15.3. The highest BCUT2D eigenvalue weighted by Crippen LogP contribution is 2.22. The standard InChI is InChI=1S/C17H28N4/c1-2-7-18-17-12-15(5-8-19-17)13-20-11-6-16(14-20)21-9-3-4-10-21/h5,8,12,16H,2-4,6-7,9-11,13-14H2,1H3,(H,18,19). The Morgan fingerprint density at radius 1 is 1.29 bits per heavy atom. The van der Waals surface area contributed by atoms with Gasteiger partial charge in [-0.3, -0.25) is 9.80 Å². The number of hydrogen-bond acceptors (Lipinski definition) is 4. The topological polar surface area (TPSA) is 31.4 Å². The number of hydrogen-bond donors (Lipinski definition) is 1. The quantitative estimate of drug-likeness (QED) is 0.872. The summed E-state index contributed by atoms with van der Waals surface area (Å²) in [5.74, 6) is 1.02. The largest absolute Gasteiger partial charge is 0.370 e. The number of likely N-dealkylation sites (tertiary alicyclic amines) is 2. The molecule has 2 aliphatic heterocycles. The summed E-state index contributed by atoms with van der Waals surface area (Å²) in [6, 6.07) is 5.16. The van der Waals surface area contributed by atoms with Crippen molar-refractivity contribution in [2.45, 2.75) is 45.2 Å². The molecule has 0 amide bonds. The van der Waals surface area contributed by atoms with Crippen LogP contribution in [0.2, 0.25) is 0 Å². The van der Waals surface area contributed by atoms with E-state index in [0.717, 1.165) is 31.4 Å². The third kappa shape index (κ3) is 3.95. The number of aromatic nitrogens is 1. The highest BCUT2D eigenvalue weighted by Gasteiger charge is 2.28. The van der Waals surface area contributed by atoms with E-state index < -0.39 is 0 Å². The van der Waals surface area contributed by atoms with Crippen molar-refractivity contribution < 1.29 is 0 Å². The summed E-state index contributed by atoms with van der Waals surface area (Å²) in [5, 5.41) is 3.38. The zero-order valence-electron chi connectivity index (χ0n) is 13.2. The van der Waals surface area contributed by atoms with E-state index in [2.05, 4.69) is 39.2 Å². The predicted octanol–water partition coefficient (Wildman–Crippen LogP) is 2.57. The first-order chi connectivity index (χ1) is 10.3. The molecule has 0 aromatic carbocycles. The van der Waals surface area contributed by atoms with E-state index in [-0.39, 0.29) is 0 Å². The second-order valence-electron chi connectivity index (χ2n) is 6.40. The third-order valence-electron chi connectivity index (χ3n) is 4.69. The van der Waals surface area contributed by atoms with E-state index in [4.69, 9.17) is 0 Å². The lowest BCUT2D eigenvalue weighted by Crippen LogP contribution is -2.35. The molecule has 0 saturated carbocycles. The average Bonchev–Trinajstić information content (AvgIpc) is 3.16. The summed E-state index contributed by atoms with van der Waals surface area (Å²) in [4.78, 5) is 9.69. The maximum Gasteiger partial charge on any atom is 0.126 e. The predicted molar refractivity (Wildman–Crippen MR) is 87.5 cm³/mol. The summed E-state index contributed by atoms with van der Waals surface area (Å²) in [6.45, 7) is 9.35. The molecule has 3 rings (SSSR count). The molecule has 3 heterocycles. The highest BCUT2D eigenvalue weighted by molar-refractivity contribution is 5.37. The smallest absolute Gasteiger partial charge is 0.126 e. The Balaban J connectivity index is 1.52. The molecule has 2 aliphatic rings. The minimum absolute atomic E-state index is 0.798. The van der Waals surface area contributed by atoms with Gasteiger partial charge in [0.15, 0.2) is 0 Å². The monoisotopic (exact) mass is 288 g/mol. The van der Waals surface area contributed by atoms with Crippen LogP contribution in [0.25, 0.3) is 0 Å². The molecular weight excluding hydrogens is 260 g/mol. The molecular formula is C17H28N4. The van der Waals surface area contributed by atoms with Gasteiger partial charge in [-0.05, 0) is 56.5 Å². The lowest BCUT2D eigenvalue weighted by Gasteiger charge is -2.23. The Morgan fingerprint density at radius 2 is 2.14 bits per heavy atom. The maximum atomic E-state index is 4.39. The van der Waals surface area contributed by atoms with Gasteiger partial charge in [-0.1, -0.05) is 6.92 Å². The summed E-state index contributed by atoms with van der Waals surface area (Å²) in [5.41, 5.74) is 1.38. The van der Waals surface area contributed by atoms with E-state index in [1.807, 2.05) is 6.20 Å². The van der Waals surface area contributed by atoms with Crippen LogP contribution in [0.3, 0.4) is 0 Å². The van der Waals surface area contributed by atoms with Gasteiger partial charge in [-0.2, -0.15) is 0 Å². The molecule has 1 aromatic rings. The van der Waals surface area contributed by atoms with E-state index in [1.165, 1.54) is 51.0 Å². The van der Waals surface area contributed by atoms with Gasteiger partial charge in [-0.15, -0.1) is 0 Å². The van der Waals surface area contributed by atoms with Crippen molar-refractivity contribution in [2.75, 3.05) is 38.0 Å². The van der Waals surface area contributed by atoms with Crippen molar-refractivity contribution in [3.05, 3.63) is 23.9 Å². The molecule has 0 spiro atoms. The van der Waals surface area contributed by atoms with Gasteiger partial charge in [0, 0.05) is 38.4 Å². The molecule has 4 nitrogen and oxygen atoms in total. The first-order valence-corrected chi connectivity index (χ1v) is 8.50. The molecule has 1 unspecified atom stereocenters. The van der Waals surface area contributed by atoms with E-state index in [1.54, 1.807) is 0 Å². The summed E-state index contributed by atoms with van der Waals surface area (Å²) in [7, 11) is 0. The normalized spacial score (nSPS) is 23.8. The molecule has 21 heavy (non-hydrogen) atoms. The minimum atomic E-state index is 0.798. The summed E-state index contributed by atoms with van der Waals surface area (Å²) >= 11 is 0. The Bertz CT molecular complexity index is 442. The van der Waals surface area contributed by atoms with Crippen molar-refractivity contribution in [1.82, 2.24) is 14.8 Å². The SMILES string of the molecule is CCCNc1cc(CN2CCC(N3CCCC3)C2)ccn1. The van der Waals surface area contributed by atoms with Crippen molar-refractivity contribution in [3.63, 3.8) is 0 Å². The first-order valence-electron chi connectivity index (χ1n) is 8.50. The van der Waals surface area contributed by atoms with E-state index in [0.29, 0.717) is 0 Å². The Labute approximate surface area is 128 Å². The Hall–Kier alpha value is -1.13. The molecule has 116 valence electrons. The Morgan fingerprint density at radius 3 is 2.95 bits per heavy atom. The number of rotatable bonds is 6. The van der Waals surface area contributed by atoms with Crippen LogP contribution in [-0.4, -0.2) is 53.5 Å². The molecule has 2 fully saturated rings. The molecule has 2 saturated heterocycles. The molecule has 1 aromatic heterocycles. The van der Waals surface area contributed by atoms with Crippen LogP contribution in [0.1, 0.15) is 38.2 Å². The van der Waals surface area contributed by atoms with Gasteiger partial charge in [0.05, 0.1) is 0 Å². The van der Waals surface area contributed by atoms with Crippen molar-refractivity contribution in [2.24, 2.45) is 0 Å². The maximum absolute atomic E-state index is 4.39. The summed E-state index contributed by atoms with van der Waals surface area (Å²) < 4.78 is 0. The van der Waals surface area contributed by atoms with Gasteiger partial charge in [0.25, 0.3) is 0 Å². The molecule has 1 N–H and O–H groups in total. The van der Waals surface area contributed by atoms with Gasteiger partial charge in [0.1, 0.15) is 5.82 Å². The molecule has 0 aliphatic carbocycles. The van der Waals surface area contributed by atoms with Gasteiger partial charge >= 0.3 is 0 Å². The fourth-order valence-corrected chi connectivity index (χ4v) is 3.54. The molecule has 4 heteroatoms. The van der Waals surface area contributed by atoms with Crippen molar-refractivity contribution in [1.29, 1.82) is 0 Å². The second kappa shape index (κ2) is 7.23.